The molecule has 196 valence electrons. The van der Waals surface area contributed by atoms with Gasteiger partial charge in [0.2, 0.25) is 17.7 Å². The zero-order valence-electron chi connectivity index (χ0n) is 20.0. The summed E-state index contributed by atoms with van der Waals surface area (Å²) in [4.78, 5) is 60.4. The molecule has 34 heavy (non-hydrogen) atoms. The van der Waals surface area contributed by atoms with Crippen molar-refractivity contribution in [3.63, 3.8) is 0 Å². The van der Waals surface area contributed by atoms with E-state index < -0.39 is 60.2 Å². The van der Waals surface area contributed by atoms with Gasteiger partial charge in [-0.1, -0.05) is 13.8 Å². The van der Waals surface area contributed by atoms with Crippen LogP contribution in [-0.4, -0.2) is 82.6 Å². The summed E-state index contributed by atoms with van der Waals surface area (Å²) in [5.74, 6) is -4.08. The number of thioether (sulfide) groups is 1. The molecule has 3 amide bonds. The van der Waals surface area contributed by atoms with Crippen LogP contribution in [0.15, 0.2) is 0 Å². The minimum Gasteiger partial charge on any atom is -0.481 e. The molecule has 12 nitrogen and oxygen atoms in total. The molecular weight excluding hydrogens is 466 g/mol. The Bertz CT molecular complexity index is 692. The quantitative estimate of drug-likeness (QED) is 0.116. The lowest BCUT2D eigenvalue weighted by atomic mass is 10.0. The number of carbonyl (C=O) groups is 5. The summed E-state index contributed by atoms with van der Waals surface area (Å²) >= 11 is 1.48. The maximum Gasteiger partial charge on any atom is 0.326 e. The molecule has 0 aliphatic rings. The minimum absolute atomic E-state index is 0.157. The molecule has 0 aromatic carbocycles. The molecule has 0 aromatic heterocycles. The Kier molecular flexibility index (Phi) is 15.9. The number of aliphatic carboxylic acids is 2. The van der Waals surface area contributed by atoms with Crippen molar-refractivity contribution >= 4 is 41.4 Å². The molecule has 0 saturated heterocycles. The highest BCUT2D eigenvalue weighted by molar-refractivity contribution is 7.98. The number of nitrogens with one attached hydrogen (secondary N) is 3. The highest BCUT2D eigenvalue weighted by Crippen LogP contribution is 2.08. The lowest BCUT2D eigenvalue weighted by molar-refractivity contribution is -0.147. The zero-order valence-corrected chi connectivity index (χ0v) is 20.9. The normalized spacial score (nSPS) is 14.5. The first kappa shape index (κ1) is 31.6. The van der Waals surface area contributed by atoms with E-state index in [1.807, 2.05) is 20.1 Å². The van der Waals surface area contributed by atoms with E-state index in [2.05, 4.69) is 16.0 Å². The van der Waals surface area contributed by atoms with Crippen LogP contribution in [0.2, 0.25) is 0 Å². The second-order valence-electron chi connectivity index (χ2n) is 8.42. The molecule has 0 spiro atoms. The third kappa shape index (κ3) is 13.4. The van der Waals surface area contributed by atoms with Gasteiger partial charge in [-0.25, -0.2) is 4.79 Å². The van der Waals surface area contributed by atoms with Crippen LogP contribution in [0.5, 0.6) is 0 Å². The molecule has 4 atom stereocenters. The van der Waals surface area contributed by atoms with Crippen molar-refractivity contribution < 1.29 is 34.2 Å². The smallest absolute Gasteiger partial charge is 0.326 e. The van der Waals surface area contributed by atoms with Crippen LogP contribution in [0.4, 0.5) is 0 Å². The summed E-state index contributed by atoms with van der Waals surface area (Å²) in [6, 6.07) is -4.52. The topological polar surface area (TPSA) is 214 Å². The van der Waals surface area contributed by atoms with Gasteiger partial charge in [-0.15, -0.1) is 0 Å². The number of carbonyl (C=O) groups excluding carboxylic acids is 3. The van der Waals surface area contributed by atoms with Gasteiger partial charge in [-0.3, -0.25) is 19.2 Å². The number of carboxylic acid groups (broad SMARTS) is 2. The standard InChI is InChI=1S/C21H39N5O7S/c1-12(2)10-13(23)18(29)24-15(7-9-34-3)20(31)25-14(6-4-5-8-22)19(30)26-16(21(32)33)11-17(27)28/h12-16H,4-11,22-23H2,1-3H3,(H,24,29)(H,25,31)(H,26,30)(H,27,28)(H,32,33). The van der Waals surface area contributed by atoms with E-state index >= 15 is 0 Å². The van der Waals surface area contributed by atoms with Crippen molar-refractivity contribution in [2.45, 2.75) is 76.5 Å². The average Bonchev–Trinajstić information content (AvgIpc) is 2.74. The number of amides is 3. The van der Waals surface area contributed by atoms with Crippen molar-refractivity contribution in [2.24, 2.45) is 17.4 Å². The summed E-state index contributed by atoms with van der Waals surface area (Å²) in [7, 11) is 0. The van der Waals surface area contributed by atoms with Gasteiger partial charge < -0.3 is 37.6 Å². The number of hydrogen-bond acceptors (Lipinski definition) is 8. The predicted octanol–water partition coefficient (Wildman–Crippen LogP) is -0.744. The Labute approximate surface area is 204 Å². The van der Waals surface area contributed by atoms with Crippen molar-refractivity contribution in [1.82, 2.24) is 16.0 Å². The molecule has 0 aliphatic heterocycles. The van der Waals surface area contributed by atoms with Gasteiger partial charge in [-0.2, -0.15) is 11.8 Å². The first-order chi connectivity index (χ1) is 15.9. The van der Waals surface area contributed by atoms with E-state index in [0.29, 0.717) is 38.0 Å². The first-order valence-corrected chi connectivity index (χ1v) is 12.6. The Morgan fingerprint density at radius 1 is 0.853 bits per heavy atom. The summed E-state index contributed by atoms with van der Waals surface area (Å²) in [5.41, 5.74) is 11.4. The fraction of sp³-hybridized carbons (Fsp3) is 0.762. The second kappa shape index (κ2) is 17.1. The van der Waals surface area contributed by atoms with Crippen molar-refractivity contribution in [1.29, 1.82) is 0 Å². The van der Waals surface area contributed by atoms with Gasteiger partial charge in [0.25, 0.3) is 0 Å². The summed E-state index contributed by atoms with van der Waals surface area (Å²) in [6.45, 7) is 4.20. The van der Waals surface area contributed by atoms with Gasteiger partial charge in [-0.05, 0) is 56.6 Å². The largest absolute Gasteiger partial charge is 0.481 e. The average molecular weight is 506 g/mol. The Hall–Kier alpha value is -2.38. The maximum atomic E-state index is 13.0. The molecule has 0 rings (SSSR count). The fourth-order valence-corrected chi connectivity index (χ4v) is 3.55. The molecule has 0 aliphatic carbocycles. The molecule has 0 heterocycles. The first-order valence-electron chi connectivity index (χ1n) is 11.2. The summed E-state index contributed by atoms with van der Waals surface area (Å²) in [6.07, 6.45) is 2.95. The molecule has 4 unspecified atom stereocenters. The van der Waals surface area contributed by atoms with E-state index in [9.17, 15) is 29.1 Å². The van der Waals surface area contributed by atoms with Crippen LogP contribution >= 0.6 is 11.8 Å². The highest BCUT2D eigenvalue weighted by Gasteiger charge is 2.30. The molecule has 9 N–H and O–H groups in total. The van der Waals surface area contributed by atoms with Gasteiger partial charge in [0, 0.05) is 0 Å². The molecule has 0 aromatic rings. The van der Waals surface area contributed by atoms with Crippen LogP contribution in [0.3, 0.4) is 0 Å². The summed E-state index contributed by atoms with van der Waals surface area (Å²) < 4.78 is 0. The Morgan fingerprint density at radius 3 is 1.85 bits per heavy atom. The van der Waals surface area contributed by atoms with Gasteiger partial charge in [0.15, 0.2) is 0 Å². The molecule has 0 bridgehead atoms. The number of rotatable bonds is 18. The van der Waals surface area contributed by atoms with Crippen LogP contribution in [0.1, 0.15) is 52.4 Å². The molecule has 0 saturated carbocycles. The second-order valence-corrected chi connectivity index (χ2v) is 9.41. The number of hydrogen-bond donors (Lipinski definition) is 7. The van der Waals surface area contributed by atoms with Crippen molar-refractivity contribution in [3.05, 3.63) is 0 Å². The van der Waals surface area contributed by atoms with Gasteiger partial charge in [0.1, 0.15) is 18.1 Å². The third-order valence-corrected chi connectivity index (χ3v) is 5.52. The SMILES string of the molecule is CSCCC(NC(=O)C(N)CC(C)C)C(=O)NC(CCCCN)C(=O)NC(CC(=O)O)C(=O)O. The van der Waals surface area contributed by atoms with Gasteiger partial charge in [0.05, 0.1) is 12.5 Å². The van der Waals surface area contributed by atoms with Gasteiger partial charge >= 0.3 is 11.9 Å². The predicted molar refractivity (Wildman–Crippen MR) is 129 cm³/mol. The van der Waals surface area contributed by atoms with E-state index in [1.54, 1.807) is 0 Å². The molecule has 0 radical (unpaired) electrons. The van der Waals surface area contributed by atoms with E-state index in [0.717, 1.165) is 0 Å². The van der Waals surface area contributed by atoms with E-state index in [-0.39, 0.29) is 12.3 Å². The third-order valence-electron chi connectivity index (χ3n) is 4.88. The number of nitrogens with two attached hydrogens (primary N) is 2. The number of unbranched alkanes of at least 4 members (excludes halogenated alkanes) is 1. The van der Waals surface area contributed by atoms with Crippen LogP contribution in [-0.2, 0) is 24.0 Å². The van der Waals surface area contributed by atoms with E-state index in [4.69, 9.17) is 16.6 Å². The highest BCUT2D eigenvalue weighted by atomic mass is 32.2. The Morgan fingerprint density at radius 2 is 1.38 bits per heavy atom. The van der Waals surface area contributed by atoms with Crippen molar-refractivity contribution in [2.75, 3.05) is 18.6 Å². The molecule has 13 heteroatoms. The maximum absolute atomic E-state index is 13.0. The fourth-order valence-electron chi connectivity index (χ4n) is 3.08. The van der Waals surface area contributed by atoms with E-state index in [1.165, 1.54) is 11.8 Å². The summed E-state index contributed by atoms with van der Waals surface area (Å²) in [5, 5.41) is 25.5. The van der Waals surface area contributed by atoms with Crippen LogP contribution < -0.4 is 27.4 Å². The lowest BCUT2D eigenvalue weighted by Gasteiger charge is -2.25. The zero-order chi connectivity index (χ0) is 26.3. The molecular formula is C21H39N5O7S. The number of carboxylic acids is 2. The minimum atomic E-state index is -1.65. The Balaban J connectivity index is 5.48. The van der Waals surface area contributed by atoms with Crippen molar-refractivity contribution in [3.8, 4) is 0 Å². The molecule has 0 fully saturated rings. The van der Waals surface area contributed by atoms with Crippen LogP contribution in [0.25, 0.3) is 0 Å². The van der Waals surface area contributed by atoms with Crippen LogP contribution in [0, 0.1) is 5.92 Å². The monoisotopic (exact) mass is 505 g/mol. The lowest BCUT2D eigenvalue weighted by Crippen LogP contribution is -2.57.